The molecule has 0 saturated heterocycles. The number of aliphatic hydroxyl groups excluding tert-OH is 1. The van der Waals surface area contributed by atoms with Gasteiger partial charge in [0.25, 0.3) is 0 Å². The highest BCUT2D eigenvalue weighted by Crippen LogP contribution is 2.38. The highest BCUT2D eigenvalue weighted by Gasteiger charge is 2.34. The minimum absolute atomic E-state index is 0.128. The highest BCUT2D eigenvalue weighted by atomic mass is 19.1. The second-order valence-corrected chi connectivity index (χ2v) is 10.8. The number of aliphatic hydroxyl groups is 1. The fourth-order valence-corrected chi connectivity index (χ4v) is 4.20. The Morgan fingerprint density at radius 3 is 2.36 bits per heavy atom. The average Bonchev–Trinajstić information content (AvgIpc) is 3.62. The van der Waals surface area contributed by atoms with E-state index in [2.05, 4.69) is 18.7 Å². The molecule has 1 atom stereocenters. The molecule has 1 aromatic heterocycles. The third-order valence-electron chi connectivity index (χ3n) is 6.14. The van der Waals surface area contributed by atoms with Crippen LogP contribution in [0.1, 0.15) is 64.6 Å². The highest BCUT2D eigenvalue weighted by molar-refractivity contribution is 5.44. The van der Waals surface area contributed by atoms with Crippen LogP contribution >= 0.6 is 0 Å². The minimum Gasteiger partial charge on any atom is -0.435 e. The third kappa shape index (κ3) is 6.72. The molecule has 7 heteroatoms. The predicted molar refractivity (Wildman–Crippen MR) is 139 cm³/mol. The van der Waals surface area contributed by atoms with Gasteiger partial charge in [-0.3, -0.25) is 4.90 Å². The summed E-state index contributed by atoms with van der Waals surface area (Å²) in [4.78, 5) is 2.28. The van der Waals surface area contributed by atoms with E-state index >= 15 is 0 Å². The summed E-state index contributed by atoms with van der Waals surface area (Å²) in [7, 11) is 0. The molecule has 6 nitrogen and oxygen atoms in total. The summed E-state index contributed by atoms with van der Waals surface area (Å²) in [5.41, 5.74) is 2.34. The maximum absolute atomic E-state index is 14.6. The number of hydrogen-bond donors (Lipinski definition) is 1. The first kappa shape index (κ1) is 26.3. The molecule has 1 aliphatic carbocycles. The topological polar surface area (TPSA) is 59.8 Å². The summed E-state index contributed by atoms with van der Waals surface area (Å²) in [6.45, 7) is 11.4. The zero-order valence-corrected chi connectivity index (χ0v) is 21.9. The molecule has 194 valence electrons. The van der Waals surface area contributed by atoms with Gasteiger partial charge in [-0.1, -0.05) is 44.2 Å². The number of ether oxygens (including phenoxy) is 2. The van der Waals surface area contributed by atoms with Gasteiger partial charge in [0.15, 0.2) is 11.6 Å². The Balaban J connectivity index is 1.70. The first-order chi connectivity index (χ1) is 17.1. The lowest BCUT2D eigenvalue weighted by Crippen LogP contribution is -2.38. The van der Waals surface area contributed by atoms with E-state index in [1.54, 1.807) is 22.9 Å². The maximum atomic E-state index is 14.6. The third-order valence-corrected chi connectivity index (χ3v) is 6.14. The lowest BCUT2D eigenvalue weighted by atomic mass is 10.1. The molecule has 36 heavy (non-hydrogen) atoms. The van der Waals surface area contributed by atoms with Gasteiger partial charge < -0.3 is 14.6 Å². The number of nitrogens with zero attached hydrogens (tertiary/aromatic N) is 3. The van der Waals surface area contributed by atoms with Gasteiger partial charge in [0.1, 0.15) is 0 Å². The summed E-state index contributed by atoms with van der Waals surface area (Å²) in [6, 6.07) is 16.6. The lowest BCUT2D eigenvalue weighted by molar-refractivity contribution is -0.0573. The van der Waals surface area contributed by atoms with E-state index in [0.29, 0.717) is 25.0 Å². The number of hydrogen-bond acceptors (Lipinski definition) is 5. The molecule has 2 aromatic carbocycles. The van der Waals surface area contributed by atoms with E-state index in [9.17, 15) is 9.50 Å². The molecule has 1 unspecified atom stereocenters. The Labute approximate surface area is 213 Å². The fourth-order valence-electron chi connectivity index (χ4n) is 4.20. The molecular weight excluding hydrogens is 457 g/mol. The first-order valence-corrected chi connectivity index (χ1v) is 12.8. The molecule has 0 bridgehead atoms. The summed E-state index contributed by atoms with van der Waals surface area (Å²) >= 11 is 0. The maximum Gasteiger partial charge on any atom is 0.227 e. The van der Waals surface area contributed by atoms with E-state index in [1.807, 2.05) is 51.1 Å². The van der Waals surface area contributed by atoms with Gasteiger partial charge in [-0.25, -0.2) is 9.07 Å². The van der Waals surface area contributed by atoms with Crippen molar-refractivity contribution in [2.24, 2.45) is 0 Å². The Morgan fingerprint density at radius 2 is 1.75 bits per heavy atom. The quantitative estimate of drug-likeness (QED) is 0.350. The molecule has 1 saturated carbocycles. The molecule has 1 aliphatic rings. The number of halogens is 1. The van der Waals surface area contributed by atoms with Crippen LogP contribution < -0.4 is 4.74 Å². The van der Waals surface area contributed by atoms with Crippen molar-refractivity contribution >= 4 is 0 Å². The number of aromatic nitrogens is 2. The average molecular weight is 496 g/mol. The fraction of sp³-hybridized carbons (Fsp3) is 0.483. The summed E-state index contributed by atoms with van der Waals surface area (Å²) in [5, 5.41) is 15.7. The van der Waals surface area contributed by atoms with Gasteiger partial charge in [-0.05, 0) is 63.8 Å². The van der Waals surface area contributed by atoms with Gasteiger partial charge in [0.2, 0.25) is 5.88 Å². The molecule has 4 rings (SSSR count). The number of benzene rings is 2. The standard InChI is InChI=1S/C29H38FN3O3/c1-20(2)27-24(18-32(21-15-16-21)17-23(34)19-35-29(3,4)5)28(36-26-14-10-9-13-25(26)30)33(31-27)22-11-7-6-8-12-22/h6-14,20-21,23,34H,15-19H2,1-5H3. The van der Waals surface area contributed by atoms with E-state index in [1.165, 1.54) is 6.07 Å². The van der Waals surface area contributed by atoms with Crippen LogP contribution in [0.5, 0.6) is 11.6 Å². The van der Waals surface area contributed by atoms with Crippen molar-refractivity contribution in [1.29, 1.82) is 0 Å². The van der Waals surface area contributed by atoms with E-state index in [4.69, 9.17) is 14.6 Å². The monoisotopic (exact) mass is 495 g/mol. The van der Waals surface area contributed by atoms with Crippen LogP contribution in [0.15, 0.2) is 54.6 Å². The summed E-state index contributed by atoms with van der Waals surface area (Å²) in [5.74, 6) is 0.357. The Kier molecular flexibility index (Phi) is 8.13. The molecule has 0 aliphatic heterocycles. The second kappa shape index (κ2) is 11.1. The zero-order chi connectivity index (χ0) is 25.9. The molecule has 1 heterocycles. The first-order valence-electron chi connectivity index (χ1n) is 12.8. The number of para-hydroxylation sites is 2. The molecule has 0 spiro atoms. The normalized spacial score (nSPS) is 15.0. The van der Waals surface area contributed by atoms with Crippen molar-refractivity contribution in [2.45, 2.75) is 77.7 Å². The molecule has 1 fully saturated rings. The van der Waals surface area contributed by atoms with Crippen LogP contribution in [0.3, 0.4) is 0 Å². The van der Waals surface area contributed by atoms with Crippen molar-refractivity contribution in [3.8, 4) is 17.3 Å². The second-order valence-electron chi connectivity index (χ2n) is 10.8. The Morgan fingerprint density at radius 1 is 1.08 bits per heavy atom. The van der Waals surface area contributed by atoms with Crippen LogP contribution in [0.25, 0.3) is 5.69 Å². The Bertz CT molecular complexity index is 1140. The SMILES string of the molecule is CC(C)c1nn(-c2ccccc2)c(Oc2ccccc2F)c1CN(CC(O)COC(C)(C)C)C1CC1. The molecule has 1 N–H and O–H groups in total. The van der Waals surface area contributed by atoms with Crippen LogP contribution in [0.2, 0.25) is 0 Å². The molecule has 0 amide bonds. The van der Waals surface area contributed by atoms with Gasteiger partial charge in [0, 0.05) is 19.1 Å². The van der Waals surface area contributed by atoms with Crippen molar-refractivity contribution in [2.75, 3.05) is 13.2 Å². The minimum atomic E-state index is -0.618. The number of rotatable bonds is 11. The van der Waals surface area contributed by atoms with Crippen molar-refractivity contribution < 1.29 is 19.0 Å². The van der Waals surface area contributed by atoms with Crippen LogP contribution in [-0.4, -0.2) is 50.7 Å². The smallest absolute Gasteiger partial charge is 0.227 e. The van der Waals surface area contributed by atoms with Crippen molar-refractivity contribution in [1.82, 2.24) is 14.7 Å². The van der Waals surface area contributed by atoms with Crippen LogP contribution in [0, 0.1) is 5.82 Å². The van der Waals surface area contributed by atoms with Crippen molar-refractivity contribution in [3.05, 3.63) is 71.7 Å². The largest absolute Gasteiger partial charge is 0.435 e. The van der Waals surface area contributed by atoms with Gasteiger partial charge in [-0.15, -0.1) is 0 Å². The Hall–Kier alpha value is -2.74. The van der Waals surface area contributed by atoms with E-state index in [-0.39, 0.29) is 23.9 Å². The lowest BCUT2D eigenvalue weighted by Gasteiger charge is -2.28. The summed E-state index contributed by atoms with van der Waals surface area (Å²) < 4.78 is 28.5. The summed E-state index contributed by atoms with van der Waals surface area (Å²) in [6.07, 6.45) is 1.55. The van der Waals surface area contributed by atoms with Crippen molar-refractivity contribution in [3.63, 3.8) is 0 Å². The molecular formula is C29H38FN3O3. The zero-order valence-electron chi connectivity index (χ0n) is 21.9. The van der Waals surface area contributed by atoms with Crippen LogP contribution in [0.4, 0.5) is 4.39 Å². The van der Waals surface area contributed by atoms with E-state index < -0.39 is 11.9 Å². The van der Waals surface area contributed by atoms with Gasteiger partial charge >= 0.3 is 0 Å². The predicted octanol–water partition coefficient (Wildman–Crippen LogP) is 6.07. The van der Waals surface area contributed by atoms with E-state index in [0.717, 1.165) is 29.8 Å². The molecule has 3 aromatic rings. The van der Waals surface area contributed by atoms with Gasteiger partial charge in [0.05, 0.1) is 35.3 Å². The molecule has 0 radical (unpaired) electrons. The van der Waals surface area contributed by atoms with Gasteiger partial charge in [-0.2, -0.15) is 5.10 Å². The van der Waals surface area contributed by atoms with Crippen LogP contribution in [-0.2, 0) is 11.3 Å².